The molecule has 0 bridgehead atoms. The van der Waals surface area contributed by atoms with E-state index >= 15 is 0 Å². The molecule has 0 spiro atoms. The fourth-order valence-corrected chi connectivity index (χ4v) is 3.23. The molecule has 0 aromatic heterocycles. The Morgan fingerprint density at radius 2 is 1.16 bits per heavy atom. The maximum absolute atomic E-state index is 6.16. The van der Waals surface area contributed by atoms with Crippen LogP contribution in [0.2, 0.25) is 0 Å². The predicted molar refractivity (Wildman–Crippen MR) is 90.6 cm³/mol. The summed E-state index contributed by atoms with van der Waals surface area (Å²) in [5.41, 5.74) is 0.204. The largest absolute Gasteiger partial charge is 0.422 e. The van der Waals surface area contributed by atoms with E-state index in [-0.39, 0.29) is 5.60 Å². The maximum Gasteiger partial charge on any atom is 0.146 e. The molecule has 0 aliphatic heterocycles. The van der Waals surface area contributed by atoms with Crippen molar-refractivity contribution < 1.29 is 4.43 Å². The first-order valence-electron chi connectivity index (χ1n) is 8.36. The molecule has 0 aliphatic rings. The lowest BCUT2D eigenvalue weighted by atomic mass is 9.83. The van der Waals surface area contributed by atoms with Crippen molar-refractivity contribution in [3.63, 3.8) is 0 Å². The molecule has 0 radical (unpaired) electrons. The van der Waals surface area contributed by atoms with Crippen molar-refractivity contribution >= 4 is 10.5 Å². The quantitative estimate of drug-likeness (QED) is 0.499. The van der Waals surface area contributed by atoms with E-state index in [0.29, 0.717) is 0 Å². The summed E-state index contributed by atoms with van der Waals surface area (Å²) in [7, 11) is 0.879. The smallest absolute Gasteiger partial charge is 0.146 e. The van der Waals surface area contributed by atoms with Gasteiger partial charge in [-0.05, 0) is 49.9 Å². The SMILES string of the molecule is CC(C)CCCC(CCC(C)C)(CCC(C)C)O[SiH3]. The van der Waals surface area contributed by atoms with Crippen molar-refractivity contribution in [2.45, 2.75) is 92.1 Å². The molecule has 0 rings (SSSR count). The van der Waals surface area contributed by atoms with Crippen LogP contribution in [0, 0.1) is 17.8 Å². The highest BCUT2D eigenvalue weighted by Crippen LogP contribution is 2.32. The summed E-state index contributed by atoms with van der Waals surface area (Å²) in [6.07, 6.45) is 9.09. The normalized spacial score (nSPS) is 13.1. The van der Waals surface area contributed by atoms with Gasteiger partial charge in [0.05, 0.1) is 5.60 Å². The van der Waals surface area contributed by atoms with Gasteiger partial charge in [-0.2, -0.15) is 0 Å². The van der Waals surface area contributed by atoms with E-state index in [9.17, 15) is 0 Å². The fraction of sp³-hybridized carbons (Fsp3) is 1.00. The van der Waals surface area contributed by atoms with E-state index in [4.69, 9.17) is 4.43 Å². The molecule has 0 aromatic rings. The first-order valence-corrected chi connectivity index (χ1v) is 9.18. The fourth-order valence-electron chi connectivity index (χ4n) is 2.62. The molecule has 2 heteroatoms. The van der Waals surface area contributed by atoms with Crippen molar-refractivity contribution in [2.24, 2.45) is 17.8 Å². The zero-order valence-corrected chi connectivity index (χ0v) is 16.6. The Morgan fingerprint density at radius 3 is 1.47 bits per heavy atom. The van der Waals surface area contributed by atoms with Crippen molar-refractivity contribution in [3.05, 3.63) is 0 Å². The summed E-state index contributed by atoms with van der Waals surface area (Å²) in [6, 6.07) is 0. The predicted octanol–water partition coefficient (Wildman–Crippen LogP) is 4.72. The molecule has 0 atom stereocenters. The van der Waals surface area contributed by atoms with Crippen molar-refractivity contribution in [1.29, 1.82) is 0 Å². The third kappa shape index (κ3) is 9.67. The molecule has 0 saturated heterocycles. The van der Waals surface area contributed by atoms with E-state index in [2.05, 4.69) is 41.5 Å². The summed E-state index contributed by atoms with van der Waals surface area (Å²) in [6.45, 7) is 14.0. The van der Waals surface area contributed by atoms with Crippen molar-refractivity contribution in [3.8, 4) is 0 Å². The third-order valence-corrected chi connectivity index (χ3v) is 5.07. The van der Waals surface area contributed by atoms with Crippen LogP contribution in [0.5, 0.6) is 0 Å². The minimum atomic E-state index is 0.204. The maximum atomic E-state index is 6.16. The second-order valence-electron chi connectivity index (χ2n) is 7.54. The monoisotopic (exact) mass is 286 g/mol. The van der Waals surface area contributed by atoms with E-state index in [1.54, 1.807) is 0 Å². The Labute approximate surface area is 125 Å². The van der Waals surface area contributed by atoms with Crippen LogP contribution in [-0.2, 0) is 4.43 Å². The van der Waals surface area contributed by atoms with Crippen molar-refractivity contribution in [2.75, 3.05) is 0 Å². The molecule has 0 aromatic carbocycles. The molecule has 0 fully saturated rings. The molecule has 1 nitrogen and oxygen atoms in total. The Hall–Kier alpha value is 0.177. The highest BCUT2D eigenvalue weighted by molar-refractivity contribution is 5.98. The van der Waals surface area contributed by atoms with Gasteiger partial charge in [0.1, 0.15) is 10.5 Å². The Bertz CT molecular complexity index is 199. The summed E-state index contributed by atoms with van der Waals surface area (Å²) >= 11 is 0. The zero-order valence-electron chi connectivity index (χ0n) is 14.6. The summed E-state index contributed by atoms with van der Waals surface area (Å²) in [5.74, 6) is 2.41. The lowest BCUT2D eigenvalue weighted by molar-refractivity contribution is 0.0364. The summed E-state index contributed by atoms with van der Waals surface area (Å²) in [5, 5.41) is 0. The number of hydrogen-bond donors (Lipinski definition) is 0. The van der Waals surface area contributed by atoms with Crippen LogP contribution in [-0.4, -0.2) is 16.1 Å². The van der Waals surface area contributed by atoms with Crippen LogP contribution in [0.4, 0.5) is 0 Å². The second kappa shape index (κ2) is 9.98. The molecule has 19 heavy (non-hydrogen) atoms. The lowest BCUT2D eigenvalue weighted by Crippen LogP contribution is -2.33. The Morgan fingerprint density at radius 1 is 0.737 bits per heavy atom. The third-order valence-electron chi connectivity index (χ3n) is 4.20. The van der Waals surface area contributed by atoms with Gasteiger partial charge in [-0.1, -0.05) is 54.4 Å². The van der Waals surface area contributed by atoms with Gasteiger partial charge in [-0.25, -0.2) is 0 Å². The summed E-state index contributed by atoms with van der Waals surface area (Å²) in [4.78, 5) is 0. The molecule has 0 amide bonds. The van der Waals surface area contributed by atoms with Gasteiger partial charge in [-0.3, -0.25) is 0 Å². The molecular weight excluding hydrogens is 248 g/mol. The highest BCUT2D eigenvalue weighted by Gasteiger charge is 2.28. The molecule has 116 valence electrons. The average Bonchev–Trinajstić information content (AvgIpc) is 2.31. The van der Waals surface area contributed by atoms with E-state index < -0.39 is 0 Å². The highest BCUT2D eigenvalue weighted by atomic mass is 28.2. The van der Waals surface area contributed by atoms with Gasteiger partial charge in [0.2, 0.25) is 0 Å². The Kier molecular flexibility index (Phi) is 10.1. The van der Waals surface area contributed by atoms with Crippen LogP contribution >= 0.6 is 0 Å². The van der Waals surface area contributed by atoms with Gasteiger partial charge >= 0.3 is 0 Å². The van der Waals surface area contributed by atoms with Gasteiger partial charge in [0.15, 0.2) is 0 Å². The average molecular weight is 287 g/mol. The summed E-state index contributed by atoms with van der Waals surface area (Å²) < 4.78 is 6.16. The first-order chi connectivity index (χ1) is 8.81. The van der Waals surface area contributed by atoms with Crippen LogP contribution < -0.4 is 0 Å². The lowest BCUT2D eigenvalue weighted by Gasteiger charge is -2.35. The van der Waals surface area contributed by atoms with Crippen molar-refractivity contribution in [1.82, 2.24) is 0 Å². The van der Waals surface area contributed by atoms with Gasteiger partial charge < -0.3 is 4.43 Å². The molecule has 0 unspecified atom stereocenters. The van der Waals surface area contributed by atoms with E-state index in [1.807, 2.05) is 0 Å². The van der Waals surface area contributed by atoms with Crippen LogP contribution in [0.15, 0.2) is 0 Å². The van der Waals surface area contributed by atoms with Gasteiger partial charge in [0.25, 0.3) is 0 Å². The van der Waals surface area contributed by atoms with Gasteiger partial charge in [0, 0.05) is 0 Å². The van der Waals surface area contributed by atoms with Gasteiger partial charge in [-0.15, -0.1) is 0 Å². The minimum Gasteiger partial charge on any atom is -0.422 e. The molecule has 0 N–H and O–H groups in total. The molecular formula is C17H38OSi. The Balaban J connectivity index is 4.45. The minimum absolute atomic E-state index is 0.204. The van der Waals surface area contributed by atoms with Crippen LogP contribution in [0.1, 0.15) is 86.5 Å². The molecule has 0 aliphatic carbocycles. The second-order valence-corrected chi connectivity index (χ2v) is 7.95. The first kappa shape index (κ1) is 19.2. The standard InChI is InChI=1S/C17H38OSi/c1-14(2)8-7-11-17(18-19,12-9-15(3)4)13-10-16(5)6/h14-16H,7-13H2,1-6,19H3. The van der Waals surface area contributed by atoms with Crippen LogP contribution in [0.25, 0.3) is 0 Å². The van der Waals surface area contributed by atoms with Crippen LogP contribution in [0.3, 0.4) is 0 Å². The molecule has 0 heterocycles. The van der Waals surface area contributed by atoms with E-state index in [1.165, 1.54) is 44.9 Å². The number of hydrogen-bond acceptors (Lipinski definition) is 1. The molecule has 0 saturated carbocycles. The topological polar surface area (TPSA) is 9.23 Å². The number of rotatable bonds is 11. The zero-order chi connectivity index (χ0) is 14.9. The van der Waals surface area contributed by atoms with E-state index in [0.717, 1.165) is 28.2 Å².